The smallest absolute Gasteiger partial charge is 0.485 e. The first-order valence-electron chi connectivity index (χ1n) is 9.81. The van der Waals surface area contributed by atoms with Crippen molar-refractivity contribution in [2.75, 3.05) is 0 Å². The molecule has 0 amide bonds. The van der Waals surface area contributed by atoms with Gasteiger partial charge in [0.1, 0.15) is 6.61 Å². The molecule has 0 spiro atoms. The predicted molar refractivity (Wildman–Crippen MR) is 97.8 cm³/mol. The van der Waals surface area contributed by atoms with Crippen molar-refractivity contribution in [3.05, 3.63) is 47.0 Å². The highest BCUT2D eigenvalue weighted by Gasteiger charge is 2.35. The van der Waals surface area contributed by atoms with Gasteiger partial charge in [0.2, 0.25) is 0 Å². The Morgan fingerprint density at radius 1 is 0.966 bits per heavy atom. The van der Waals surface area contributed by atoms with E-state index in [1.165, 1.54) is 6.07 Å². The third-order valence-electron chi connectivity index (χ3n) is 6.08. The fraction of sp³-hybridized carbons (Fsp3) is 0.455. The first-order chi connectivity index (χ1) is 13.8. The largest absolute Gasteiger partial charge is 0.573 e. The van der Waals surface area contributed by atoms with Crippen molar-refractivity contribution >= 4 is 0 Å². The summed E-state index contributed by atoms with van der Waals surface area (Å²) in [6.07, 6.45) is 0.0868. The van der Waals surface area contributed by atoms with Crippen LogP contribution in [0.4, 0.5) is 22.0 Å². The van der Waals surface area contributed by atoms with Gasteiger partial charge < -0.3 is 9.47 Å². The lowest BCUT2D eigenvalue weighted by Crippen LogP contribution is -2.19. The zero-order valence-electron chi connectivity index (χ0n) is 15.9. The molecule has 0 atom stereocenters. The minimum Gasteiger partial charge on any atom is -0.485 e. The van der Waals surface area contributed by atoms with E-state index in [2.05, 4.69) is 11.7 Å². The normalized spacial score (nSPS) is 21.2. The Hall–Kier alpha value is -2.31. The number of benzene rings is 2. The van der Waals surface area contributed by atoms with Gasteiger partial charge in [0.15, 0.2) is 23.1 Å². The van der Waals surface area contributed by atoms with Crippen molar-refractivity contribution < 1.29 is 31.4 Å². The SMILES string of the molecule is CCC1CCC(c2ccc3c(c2F)OCc2c-3ccc(OC(F)(F)F)c2F)CC1. The van der Waals surface area contributed by atoms with Crippen LogP contribution in [-0.2, 0) is 6.61 Å². The van der Waals surface area contributed by atoms with Gasteiger partial charge in [-0.1, -0.05) is 25.5 Å². The zero-order chi connectivity index (χ0) is 20.8. The lowest BCUT2D eigenvalue weighted by atomic mass is 9.77. The Balaban J connectivity index is 1.67. The van der Waals surface area contributed by atoms with E-state index in [1.807, 2.05) is 0 Å². The van der Waals surface area contributed by atoms with Crippen LogP contribution in [0.25, 0.3) is 11.1 Å². The first-order valence-corrected chi connectivity index (χ1v) is 9.81. The summed E-state index contributed by atoms with van der Waals surface area (Å²) in [6, 6.07) is 5.59. The molecule has 7 heteroatoms. The van der Waals surface area contributed by atoms with Crippen LogP contribution in [0.2, 0.25) is 0 Å². The van der Waals surface area contributed by atoms with E-state index in [-0.39, 0.29) is 23.8 Å². The molecule has 0 saturated heterocycles. The second-order valence-corrected chi connectivity index (χ2v) is 7.71. The minimum atomic E-state index is -5.00. The van der Waals surface area contributed by atoms with Gasteiger partial charge in [0.25, 0.3) is 0 Å². The fourth-order valence-electron chi connectivity index (χ4n) is 4.46. The Morgan fingerprint density at radius 3 is 2.31 bits per heavy atom. The van der Waals surface area contributed by atoms with Crippen molar-refractivity contribution in [3.63, 3.8) is 0 Å². The second kappa shape index (κ2) is 7.50. The predicted octanol–water partition coefficient (Wildman–Crippen LogP) is 7.11. The minimum absolute atomic E-state index is 0.0384. The molecule has 0 N–H and O–H groups in total. The summed E-state index contributed by atoms with van der Waals surface area (Å²) in [5, 5.41) is 0. The van der Waals surface area contributed by atoms with Gasteiger partial charge in [0.05, 0.1) is 0 Å². The standard InChI is InChI=1S/C22H21F5O2/c1-2-12-3-5-13(6-4-12)14-7-8-16-15-9-10-18(29-22(25,26)27)19(23)17(15)11-28-21(16)20(14)24/h7-10,12-13H,2-6,11H2,1H3. The Bertz CT molecular complexity index is 914. The molecule has 0 unspecified atom stereocenters. The van der Waals surface area contributed by atoms with Crippen LogP contribution < -0.4 is 9.47 Å². The molecule has 1 heterocycles. The zero-order valence-corrected chi connectivity index (χ0v) is 15.9. The molecule has 4 rings (SSSR count). The molecular formula is C22H21F5O2. The molecule has 156 valence electrons. The van der Waals surface area contributed by atoms with Crippen LogP contribution in [-0.4, -0.2) is 6.36 Å². The molecule has 2 aromatic carbocycles. The third kappa shape index (κ3) is 3.79. The maximum Gasteiger partial charge on any atom is 0.573 e. The van der Waals surface area contributed by atoms with E-state index in [1.54, 1.807) is 12.1 Å². The molecule has 1 fully saturated rings. The molecule has 2 aliphatic rings. The summed E-state index contributed by atoms with van der Waals surface area (Å²) in [7, 11) is 0. The van der Waals surface area contributed by atoms with Crippen LogP contribution in [0, 0.1) is 17.6 Å². The average molecular weight is 412 g/mol. The number of hydrogen-bond acceptors (Lipinski definition) is 2. The lowest BCUT2D eigenvalue weighted by Gasteiger charge is -2.30. The maximum atomic E-state index is 15.2. The summed E-state index contributed by atoms with van der Waals surface area (Å²) in [5.74, 6) is -1.68. The second-order valence-electron chi connectivity index (χ2n) is 7.71. The number of alkyl halides is 3. The van der Waals surface area contributed by atoms with Crippen LogP contribution in [0.3, 0.4) is 0 Å². The van der Waals surface area contributed by atoms with E-state index < -0.39 is 23.7 Å². The quantitative estimate of drug-likeness (QED) is 0.500. The van der Waals surface area contributed by atoms with E-state index in [0.29, 0.717) is 22.6 Å². The summed E-state index contributed by atoms with van der Waals surface area (Å²) >= 11 is 0. The van der Waals surface area contributed by atoms with Crippen LogP contribution in [0.1, 0.15) is 56.1 Å². The fourth-order valence-corrected chi connectivity index (χ4v) is 4.46. The number of fused-ring (bicyclic) bond motifs is 3. The van der Waals surface area contributed by atoms with Gasteiger partial charge in [-0.25, -0.2) is 8.78 Å². The van der Waals surface area contributed by atoms with Gasteiger partial charge in [-0.05, 0) is 60.8 Å². The van der Waals surface area contributed by atoms with Crippen molar-refractivity contribution in [1.82, 2.24) is 0 Å². The molecule has 1 saturated carbocycles. The van der Waals surface area contributed by atoms with Crippen LogP contribution in [0.15, 0.2) is 24.3 Å². The van der Waals surface area contributed by atoms with E-state index in [9.17, 15) is 17.6 Å². The van der Waals surface area contributed by atoms with Crippen molar-refractivity contribution in [3.8, 4) is 22.6 Å². The van der Waals surface area contributed by atoms with Gasteiger partial charge in [0, 0.05) is 11.1 Å². The first kappa shape index (κ1) is 20.0. The van der Waals surface area contributed by atoms with Crippen molar-refractivity contribution in [2.24, 2.45) is 5.92 Å². The molecule has 1 aliphatic heterocycles. The Morgan fingerprint density at radius 2 is 1.66 bits per heavy atom. The average Bonchev–Trinajstić information content (AvgIpc) is 2.69. The number of hydrogen-bond donors (Lipinski definition) is 0. The summed E-state index contributed by atoms with van der Waals surface area (Å²) in [4.78, 5) is 0. The van der Waals surface area contributed by atoms with Gasteiger partial charge in [-0.15, -0.1) is 13.2 Å². The molecule has 2 aromatic rings. The highest BCUT2D eigenvalue weighted by atomic mass is 19.4. The highest BCUT2D eigenvalue weighted by molar-refractivity contribution is 5.76. The summed E-state index contributed by atoms with van der Waals surface area (Å²) in [6.45, 7) is 1.81. The van der Waals surface area contributed by atoms with Gasteiger partial charge in [-0.2, -0.15) is 0 Å². The Labute approximate surface area is 165 Å². The number of ether oxygens (including phenoxy) is 2. The van der Waals surface area contributed by atoms with Crippen molar-refractivity contribution in [2.45, 2.75) is 57.9 Å². The van der Waals surface area contributed by atoms with Gasteiger partial charge in [-0.3, -0.25) is 0 Å². The molecule has 0 aromatic heterocycles. The molecule has 0 radical (unpaired) electrons. The van der Waals surface area contributed by atoms with E-state index >= 15 is 4.39 Å². The monoisotopic (exact) mass is 412 g/mol. The molecule has 29 heavy (non-hydrogen) atoms. The topological polar surface area (TPSA) is 18.5 Å². The van der Waals surface area contributed by atoms with E-state index in [4.69, 9.17) is 4.74 Å². The van der Waals surface area contributed by atoms with E-state index in [0.717, 1.165) is 38.2 Å². The molecule has 0 bridgehead atoms. The lowest BCUT2D eigenvalue weighted by molar-refractivity contribution is -0.275. The highest BCUT2D eigenvalue weighted by Crippen LogP contribution is 2.46. The molecular weight excluding hydrogens is 391 g/mol. The summed E-state index contributed by atoms with van der Waals surface area (Å²) < 4.78 is 76.3. The third-order valence-corrected chi connectivity index (χ3v) is 6.08. The number of halogens is 5. The van der Waals surface area contributed by atoms with Gasteiger partial charge >= 0.3 is 6.36 Å². The number of rotatable bonds is 3. The maximum absolute atomic E-state index is 15.2. The van der Waals surface area contributed by atoms with Crippen LogP contribution >= 0.6 is 0 Å². The molecule has 1 aliphatic carbocycles. The Kier molecular flexibility index (Phi) is 5.17. The van der Waals surface area contributed by atoms with Crippen LogP contribution in [0.5, 0.6) is 11.5 Å². The van der Waals surface area contributed by atoms with Crippen molar-refractivity contribution in [1.29, 1.82) is 0 Å². The molecule has 2 nitrogen and oxygen atoms in total. The summed E-state index contributed by atoms with van der Waals surface area (Å²) in [5.41, 5.74) is 1.18.